The number of halogens is 1. The zero-order chi connectivity index (χ0) is 17.6. The van der Waals surface area contributed by atoms with Gasteiger partial charge in [-0.2, -0.15) is 0 Å². The Kier molecular flexibility index (Phi) is 6.85. The molecule has 0 saturated carbocycles. The van der Waals surface area contributed by atoms with E-state index in [2.05, 4.69) is 24.5 Å². The molecular formula is C18H29FN2O2. The van der Waals surface area contributed by atoms with Gasteiger partial charge in [-0.1, -0.05) is 13.8 Å². The Balaban J connectivity index is 2.69. The minimum Gasteiger partial charge on any atom is -0.444 e. The Morgan fingerprint density at radius 1 is 1.22 bits per heavy atom. The lowest BCUT2D eigenvalue weighted by Gasteiger charge is -2.20. The van der Waals surface area contributed by atoms with Crippen molar-refractivity contribution in [1.29, 1.82) is 0 Å². The van der Waals surface area contributed by atoms with Crippen LogP contribution in [0.4, 0.5) is 20.6 Å². The summed E-state index contributed by atoms with van der Waals surface area (Å²) in [4.78, 5) is 11.8. The fraction of sp³-hybridized carbons (Fsp3) is 0.611. The van der Waals surface area contributed by atoms with E-state index in [-0.39, 0.29) is 11.9 Å². The molecule has 0 aromatic heterocycles. The van der Waals surface area contributed by atoms with Crippen LogP contribution in [0.25, 0.3) is 0 Å². The molecule has 130 valence electrons. The van der Waals surface area contributed by atoms with Gasteiger partial charge in [0.25, 0.3) is 0 Å². The van der Waals surface area contributed by atoms with E-state index in [4.69, 9.17) is 4.74 Å². The lowest BCUT2D eigenvalue weighted by atomic mass is 10.0. The van der Waals surface area contributed by atoms with E-state index in [1.54, 1.807) is 26.8 Å². The molecule has 0 aliphatic heterocycles. The first-order valence-electron chi connectivity index (χ1n) is 8.13. The molecule has 1 aromatic carbocycles. The van der Waals surface area contributed by atoms with Gasteiger partial charge < -0.3 is 10.1 Å². The van der Waals surface area contributed by atoms with Crippen molar-refractivity contribution in [3.8, 4) is 0 Å². The van der Waals surface area contributed by atoms with E-state index in [0.717, 1.165) is 12.8 Å². The summed E-state index contributed by atoms with van der Waals surface area (Å²) in [7, 11) is 0. The second-order valence-corrected chi connectivity index (χ2v) is 7.34. The zero-order valence-corrected chi connectivity index (χ0v) is 15.0. The summed E-state index contributed by atoms with van der Waals surface area (Å²) in [5.41, 5.74) is 0.310. The minimum absolute atomic E-state index is 0.156. The van der Waals surface area contributed by atoms with Crippen LogP contribution in [0.1, 0.15) is 54.4 Å². The van der Waals surface area contributed by atoms with Gasteiger partial charge in [-0.15, -0.1) is 0 Å². The van der Waals surface area contributed by atoms with E-state index in [9.17, 15) is 9.18 Å². The lowest BCUT2D eigenvalue weighted by molar-refractivity contribution is 0.0636. The van der Waals surface area contributed by atoms with Crippen LogP contribution in [0.2, 0.25) is 0 Å². The van der Waals surface area contributed by atoms with Crippen LogP contribution in [0, 0.1) is 11.7 Å². The second-order valence-electron chi connectivity index (χ2n) is 7.34. The molecule has 1 rings (SSSR count). The number of hydrogen-bond donors (Lipinski definition) is 2. The van der Waals surface area contributed by atoms with E-state index < -0.39 is 11.7 Å². The van der Waals surface area contributed by atoms with Crippen LogP contribution in [0.15, 0.2) is 18.2 Å². The fourth-order valence-electron chi connectivity index (χ4n) is 2.06. The molecule has 0 bridgehead atoms. The number of nitrogens with one attached hydrogen (secondary N) is 2. The van der Waals surface area contributed by atoms with Crippen molar-refractivity contribution >= 4 is 17.5 Å². The molecule has 0 spiro atoms. The number of carbonyl (C=O) groups is 1. The largest absolute Gasteiger partial charge is 0.444 e. The van der Waals surface area contributed by atoms with E-state index in [0.29, 0.717) is 17.3 Å². The summed E-state index contributed by atoms with van der Waals surface area (Å²) in [5, 5.41) is 5.78. The Bertz CT molecular complexity index is 524. The maximum Gasteiger partial charge on any atom is 0.412 e. The summed E-state index contributed by atoms with van der Waals surface area (Å²) >= 11 is 0. The Morgan fingerprint density at radius 2 is 1.87 bits per heavy atom. The molecule has 0 aliphatic rings. The van der Waals surface area contributed by atoms with Crippen molar-refractivity contribution in [1.82, 2.24) is 0 Å². The predicted octanol–water partition coefficient (Wildman–Crippen LogP) is 5.41. The first-order valence-corrected chi connectivity index (χ1v) is 8.13. The number of anilines is 2. The van der Waals surface area contributed by atoms with Gasteiger partial charge in [0.2, 0.25) is 0 Å². The topological polar surface area (TPSA) is 50.4 Å². The van der Waals surface area contributed by atoms with Gasteiger partial charge in [0, 0.05) is 11.7 Å². The first-order chi connectivity index (χ1) is 10.6. The van der Waals surface area contributed by atoms with Crippen LogP contribution in [-0.4, -0.2) is 17.7 Å². The summed E-state index contributed by atoms with van der Waals surface area (Å²) in [5.74, 6) is 0.278. The molecular weight excluding hydrogens is 295 g/mol. The molecule has 1 atom stereocenters. The monoisotopic (exact) mass is 324 g/mol. The minimum atomic E-state index is -0.573. The lowest BCUT2D eigenvalue weighted by Crippen LogP contribution is -2.27. The molecule has 0 saturated heterocycles. The molecule has 2 N–H and O–H groups in total. The van der Waals surface area contributed by atoms with Crippen LogP contribution in [0.3, 0.4) is 0 Å². The quantitative estimate of drug-likeness (QED) is 0.735. The molecule has 0 aliphatic carbocycles. The normalized spacial score (nSPS) is 12.9. The van der Waals surface area contributed by atoms with E-state index >= 15 is 0 Å². The molecule has 1 aromatic rings. The average molecular weight is 324 g/mol. The Morgan fingerprint density at radius 3 is 2.43 bits per heavy atom. The van der Waals surface area contributed by atoms with Gasteiger partial charge in [0.1, 0.15) is 11.4 Å². The Labute approximate surface area is 138 Å². The highest BCUT2D eigenvalue weighted by Crippen LogP contribution is 2.22. The predicted molar refractivity (Wildman–Crippen MR) is 93.4 cm³/mol. The molecule has 1 unspecified atom stereocenters. The van der Waals surface area contributed by atoms with Gasteiger partial charge >= 0.3 is 6.09 Å². The second kappa shape index (κ2) is 8.18. The van der Waals surface area contributed by atoms with Gasteiger partial charge in [-0.25, -0.2) is 9.18 Å². The number of ether oxygens (including phenoxy) is 1. The highest BCUT2D eigenvalue weighted by molar-refractivity contribution is 5.85. The van der Waals surface area contributed by atoms with Crippen LogP contribution in [0.5, 0.6) is 0 Å². The van der Waals surface area contributed by atoms with Crippen molar-refractivity contribution in [3.63, 3.8) is 0 Å². The van der Waals surface area contributed by atoms with Crippen molar-refractivity contribution < 1.29 is 13.9 Å². The molecule has 23 heavy (non-hydrogen) atoms. The number of hydrogen-bond acceptors (Lipinski definition) is 3. The molecule has 0 radical (unpaired) electrons. The third kappa shape index (κ3) is 7.86. The number of benzene rings is 1. The summed E-state index contributed by atoms with van der Waals surface area (Å²) < 4.78 is 19.1. The van der Waals surface area contributed by atoms with E-state index in [1.165, 1.54) is 12.1 Å². The number of carbonyl (C=O) groups excluding carboxylic acids is 1. The van der Waals surface area contributed by atoms with Gasteiger partial charge in [-0.3, -0.25) is 5.32 Å². The summed E-state index contributed by atoms with van der Waals surface area (Å²) in [6.45, 7) is 11.7. The van der Waals surface area contributed by atoms with Crippen molar-refractivity contribution in [3.05, 3.63) is 24.0 Å². The van der Waals surface area contributed by atoms with Crippen molar-refractivity contribution in [2.24, 2.45) is 5.92 Å². The average Bonchev–Trinajstić information content (AvgIpc) is 2.38. The molecule has 5 heteroatoms. The first kappa shape index (κ1) is 19.3. The van der Waals surface area contributed by atoms with Gasteiger partial charge in [0.15, 0.2) is 0 Å². The van der Waals surface area contributed by atoms with Crippen LogP contribution < -0.4 is 10.6 Å². The SMILES string of the molecule is CC(C)CCC(C)Nc1cc(NC(=O)OC(C)(C)C)ccc1F. The van der Waals surface area contributed by atoms with Crippen LogP contribution >= 0.6 is 0 Å². The number of rotatable bonds is 6. The number of amides is 1. The van der Waals surface area contributed by atoms with Gasteiger partial charge in [-0.05, 0) is 64.7 Å². The third-order valence-electron chi connectivity index (χ3n) is 3.19. The van der Waals surface area contributed by atoms with Gasteiger partial charge in [0.05, 0.1) is 5.69 Å². The van der Waals surface area contributed by atoms with Crippen molar-refractivity contribution in [2.45, 2.75) is 66.0 Å². The summed E-state index contributed by atoms with van der Waals surface area (Å²) in [6.07, 6.45) is 1.48. The Hall–Kier alpha value is -1.78. The summed E-state index contributed by atoms with van der Waals surface area (Å²) in [6, 6.07) is 4.60. The van der Waals surface area contributed by atoms with Crippen LogP contribution in [-0.2, 0) is 4.74 Å². The highest BCUT2D eigenvalue weighted by atomic mass is 19.1. The smallest absolute Gasteiger partial charge is 0.412 e. The van der Waals surface area contributed by atoms with E-state index in [1.807, 2.05) is 6.92 Å². The standard InChI is InChI=1S/C18H29FN2O2/c1-12(2)7-8-13(3)20-16-11-14(9-10-15(16)19)21-17(22)23-18(4,5)6/h9-13,20H,7-8H2,1-6H3,(H,21,22). The fourth-order valence-corrected chi connectivity index (χ4v) is 2.06. The maximum atomic E-state index is 13.9. The molecule has 0 fully saturated rings. The third-order valence-corrected chi connectivity index (χ3v) is 3.19. The highest BCUT2D eigenvalue weighted by Gasteiger charge is 2.17. The van der Waals surface area contributed by atoms with Crippen molar-refractivity contribution in [2.75, 3.05) is 10.6 Å². The maximum absolute atomic E-state index is 13.9. The molecule has 0 heterocycles. The molecule has 4 nitrogen and oxygen atoms in total. The zero-order valence-electron chi connectivity index (χ0n) is 15.0. The molecule has 1 amide bonds.